The van der Waals surface area contributed by atoms with E-state index < -0.39 is 54.8 Å². The Morgan fingerprint density at radius 1 is 0.936 bits per heavy atom. The standard InChI is InChI=1S/C33H33N7O7/c41-30(39-13-7-12-22(39)32(42)43)26-25-27(46-23(45-25)14-18-8-3-1-4-9-18)31(47-26)40-17-36-24-28(34-16-35-29(24)40)38-33(44)37-21-15-20(21)19-10-5-2-6-11-19/h1-6,8-11,16-17,20-23,25-27,31H,7,12-15H2,(H,42,43)(H2,34,35,37,38,44). The molecule has 242 valence electrons. The van der Waals surface area contributed by atoms with E-state index in [4.69, 9.17) is 14.2 Å². The minimum absolute atomic E-state index is 0.0188. The molecule has 1 saturated carbocycles. The number of carboxylic acid groups (broad SMARTS) is 1. The molecule has 8 unspecified atom stereocenters. The number of urea groups is 1. The van der Waals surface area contributed by atoms with E-state index >= 15 is 0 Å². The zero-order chi connectivity index (χ0) is 32.1. The summed E-state index contributed by atoms with van der Waals surface area (Å²) < 4.78 is 20.7. The van der Waals surface area contributed by atoms with Gasteiger partial charge in [0.2, 0.25) is 0 Å². The van der Waals surface area contributed by atoms with E-state index in [-0.39, 0.29) is 17.8 Å². The predicted octanol–water partition coefficient (Wildman–Crippen LogP) is 2.83. The molecular formula is C33H33N7O7. The molecule has 14 heteroatoms. The zero-order valence-corrected chi connectivity index (χ0v) is 25.2. The Balaban J connectivity index is 1.03. The summed E-state index contributed by atoms with van der Waals surface area (Å²) in [5.41, 5.74) is 2.87. The van der Waals surface area contributed by atoms with Crippen LogP contribution in [-0.2, 0) is 30.2 Å². The topological polar surface area (TPSA) is 170 Å². The summed E-state index contributed by atoms with van der Waals surface area (Å²) in [6.45, 7) is 0.317. The Morgan fingerprint density at radius 2 is 1.70 bits per heavy atom. The van der Waals surface area contributed by atoms with E-state index in [1.54, 1.807) is 4.57 Å². The van der Waals surface area contributed by atoms with Crippen molar-refractivity contribution in [3.05, 3.63) is 84.4 Å². The molecule has 5 heterocycles. The van der Waals surface area contributed by atoms with Crippen LogP contribution in [-0.4, -0.2) is 90.7 Å². The van der Waals surface area contributed by atoms with Gasteiger partial charge in [0.05, 0.1) is 6.33 Å². The monoisotopic (exact) mass is 639 g/mol. The Labute approximate surface area is 269 Å². The number of aromatic nitrogens is 4. The smallest absolute Gasteiger partial charge is 0.326 e. The van der Waals surface area contributed by atoms with E-state index in [0.717, 1.165) is 12.0 Å². The number of hydrogen-bond donors (Lipinski definition) is 3. The molecule has 4 fully saturated rings. The minimum atomic E-state index is -1.11. The second-order valence-corrected chi connectivity index (χ2v) is 12.3. The van der Waals surface area contributed by atoms with Gasteiger partial charge in [-0.2, -0.15) is 0 Å². The average Bonchev–Trinajstić information content (AvgIpc) is 3.50. The molecule has 4 aromatic rings. The van der Waals surface area contributed by atoms with Gasteiger partial charge < -0.3 is 29.5 Å². The summed E-state index contributed by atoms with van der Waals surface area (Å²) >= 11 is 0. The number of nitrogens with zero attached hydrogens (tertiary/aromatic N) is 5. The van der Waals surface area contributed by atoms with Crippen LogP contribution < -0.4 is 10.6 Å². The van der Waals surface area contributed by atoms with Crippen LogP contribution in [0.2, 0.25) is 0 Å². The molecule has 2 aromatic carbocycles. The van der Waals surface area contributed by atoms with Crippen LogP contribution in [0.1, 0.15) is 42.5 Å². The van der Waals surface area contributed by atoms with Crippen LogP contribution in [0.25, 0.3) is 11.2 Å². The summed E-state index contributed by atoms with van der Waals surface area (Å²) in [5, 5.41) is 15.5. The number of anilines is 1. The average molecular weight is 640 g/mol. The molecule has 8 atom stereocenters. The number of ether oxygens (including phenoxy) is 3. The Morgan fingerprint density at radius 3 is 2.49 bits per heavy atom. The molecule has 2 aromatic heterocycles. The summed E-state index contributed by atoms with van der Waals surface area (Å²) in [7, 11) is 0. The Bertz CT molecular complexity index is 1800. The minimum Gasteiger partial charge on any atom is -0.480 e. The maximum atomic E-state index is 13.8. The highest BCUT2D eigenvalue weighted by molar-refractivity contribution is 5.96. The van der Waals surface area contributed by atoms with Crippen LogP contribution >= 0.6 is 0 Å². The number of carboxylic acids is 1. The van der Waals surface area contributed by atoms with Gasteiger partial charge in [-0.05, 0) is 30.4 Å². The summed E-state index contributed by atoms with van der Waals surface area (Å²) in [5.74, 6) is -1.02. The Kier molecular flexibility index (Phi) is 7.54. The third-order valence-corrected chi connectivity index (χ3v) is 9.32. The van der Waals surface area contributed by atoms with Crippen molar-refractivity contribution in [1.29, 1.82) is 0 Å². The lowest BCUT2D eigenvalue weighted by atomic mass is 10.1. The van der Waals surface area contributed by atoms with Crippen molar-refractivity contribution >= 4 is 34.9 Å². The fourth-order valence-electron chi connectivity index (χ4n) is 6.96. The molecule has 3 N–H and O–H groups in total. The lowest BCUT2D eigenvalue weighted by molar-refractivity contribution is -0.170. The van der Waals surface area contributed by atoms with Crippen molar-refractivity contribution in [3.63, 3.8) is 0 Å². The van der Waals surface area contributed by atoms with E-state index in [0.29, 0.717) is 37.0 Å². The second kappa shape index (κ2) is 12.0. The maximum Gasteiger partial charge on any atom is 0.326 e. The fourth-order valence-corrected chi connectivity index (χ4v) is 6.96. The van der Waals surface area contributed by atoms with Gasteiger partial charge in [0.1, 0.15) is 24.6 Å². The molecule has 47 heavy (non-hydrogen) atoms. The molecular weight excluding hydrogens is 606 g/mol. The zero-order valence-electron chi connectivity index (χ0n) is 25.2. The van der Waals surface area contributed by atoms with Gasteiger partial charge in [-0.25, -0.2) is 24.5 Å². The fraction of sp³-hybridized carbons (Fsp3) is 0.394. The molecule has 1 aliphatic carbocycles. The molecule has 4 aliphatic rings. The summed E-state index contributed by atoms with van der Waals surface area (Å²) in [4.78, 5) is 53.2. The van der Waals surface area contributed by atoms with Crippen molar-refractivity contribution in [2.45, 2.75) is 74.5 Å². The van der Waals surface area contributed by atoms with Crippen molar-refractivity contribution in [1.82, 2.24) is 29.7 Å². The number of fused-ring (bicyclic) bond motifs is 2. The number of benzene rings is 2. The van der Waals surface area contributed by atoms with Gasteiger partial charge in [0, 0.05) is 24.9 Å². The molecule has 14 nitrogen and oxygen atoms in total. The predicted molar refractivity (Wildman–Crippen MR) is 165 cm³/mol. The molecule has 0 spiro atoms. The van der Waals surface area contributed by atoms with Crippen LogP contribution in [0.3, 0.4) is 0 Å². The van der Waals surface area contributed by atoms with Crippen LogP contribution in [0.5, 0.6) is 0 Å². The number of hydrogen-bond acceptors (Lipinski definition) is 9. The third-order valence-electron chi connectivity index (χ3n) is 9.32. The van der Waals surface area contributed by atoms with Crippen molar-refractivity contribution in [3.8, 4) is 0 Å². The number of imidazole rings is 1. The number of nitrogens with one attached hydrogen (secondary N) is 2. The molecule has 0 bridgehead atoms. The van der Waals surface area contributed by atoms with E-state index in [1.807, 2.05) is 48.5 Å². The molecule has 3 saturated heterocycles. The highest BCUT2D eigenvalue weighted by Crippen LogP contribution is 2.43. The lowest BCUT2D eigenvalue weighted by Crippen LogP contribution is -2.49. The van der Waals surface area contributed by atoms with E-state index in [1.165, 1.54) is 23.1 Å². The number of carbonyl (C=O) groups is 3. The third kappa shape index (κ3) is 5.58. The lowest BCUT2D eigenvalue weighted by Gasteiger charge is -2.27. The largest absolute Gasteiger partial charge is 0.480 e. The van der Waals surface area contributed by atoms with Crippen molar-refractivity contribution in [2.24, 2.45) is 0 Å². The van der Waals surface area contributed by atoms with Crippen LogP contribution in [0.15, 0.2) is 73.3 Å². The molecule has 0 radical (unpaired) electrons. The van der Waals surface area contributed by atoms with Gasteiger partial charge in [0.15, 0.2) is 35.6 Å². The SMILES string of the molecule is O=C(Nc1ncnc2c1ncn2C1OC(C(=O)N2CCCC2C(=O)O)C2OC(Cc3ccccc3)OC21)NC1CC1c1ccccc1. The first-order valence-corrected chi connectivity index (χ1v) is 15.8. The number of rotatable bonds is 8. The number of carbonyl (C=O) groups excluding carboxylic acids is 2. The molecule has 3 aliphatic heterocycles. The quantitative estimate of drug-likeness (QED) is 0.261. The maximum absolute atomic E-state index is 13.8. The van der Waals surface area contributed by atoms with E-state index in [2.05, 4.69) is 37.7 Å². The highest BCUT2D eigenvalue weighted by atomic mass is 16.8. The number of likely N-dealkylation sites (tertiary alicyclic amines) is 1. The summed E-state index contributed by atoms with van der Waals surface area (Å²) in [6, 6.07) is 18.4. The van der Waals surface area contributed by atoms with Gasteiger partial charge >= 0.3 is 12.0 Å². The van der Waals surface area contributed by atoms with Crippen molar-refractivity contribution in [2.75, 3.05) is 11.9 Å². The van der Waals surface area contributed by atoms with Crippen LogP contribution in [0, 0.1) is 0 Å². The van der Waals surface area contributed by atoms with Gasteiger partial charge in [-0.3, -0.25) is 14.7 Å². The van der Waals surface area contributed by atoms with Gasteiger partial charge in [-0.1, -0.05) is 60.7 Å². The van der Waals surface area contributed by atoms with Crippen LogP contribution in [0.4, 0.5) is 10.6 Å². The first-order valence-electron chi connectivity index (χ1n) is 15.8. The van der Waals surface area contributed by atoms with Gasteiger partial charge in [0.25, 0.3) is 5.91 Å². The van der Waals surface area contributed by atoms with Crippen molar-refractivity contribution < 1.29 is 33.7 Å². The number of aliphatic carboxylic acids is 1. The van der Waals surface area contributed by atoms with Gasteiger partial charge in [-0.15, -0.1) is 0 Å². The van der Waals surface area contributed by atoms with E-state index in [9.17, 15) is 19.5 Å². The Hall–Kier alpha value is -4.92. The normalized spacial score (nSPS) is 29.5. The first-order chi connectivity index (χ1) is 22.9. The first kappa shape index (κ1) is 29.5. The number of amides is 3. The highest BCUT2D eigenvalue weighted by Gasteiger charge is 2.58. The molecule has 8 rings (SSSR count). The summed E-state index contributed by atoms with van der Waals surface area (Å²) in [6.07, 6.45) is 0.931. The molecule has 3 amide bonds. The second-order valence-electron chi connectivity index (χ2n) is 12.3.